The van der Waals surface area contributed by atoms with E-state index in [4.69, 9.17) is 25.8 Å². The van der Waals surface area contributed by atoms with Crippen LogP contribution in [0.25, 0.3) is 21.1 Å². The first-order valence-electron chi connectivity index (χ1n) is 8.79. The second-order valence-corrected chi connectivity index (χ2v) is 7.90. The van der Waals surface area contributed by atoms with Crippen molar-refractivity contribution >= 4 is 44.1 Å². The van der Waals surface area contributed by atoms with Gasteiger partial charge in [-0.2, -0.15) is 8.78 Å². The lowest BCUT2D eigenvalue weighted by Gasteiger charge is -2.25. The van der Waals surface area contributed by atoms with Gasteiger partial charge in [0, 0.05) is 23.1 Å². The van der Waals surface area contributed by atoms with Crippen LogP contribution in [0.3, 0.4) is 0 Å². The summed E-state index contributed by atoms with van der Waals surface area (Å²) in [5, 5.41) is 1.89. The van der Waals surface area contributed by atoms with E-state index in [1.807, 2.05) is 6.07 Å². The lowest BCUT2D eigenvalue weighted by atomic mass is 10.0. The van der Waals surface area contributed by atoms with Gasteiger partial charge >= 0.3 is 6.61 Å². The molecule has 6 nitrogen and oxygen atoms in total. The van der Waals surface area contributed by atoms with Gasteiger partial charge in [0.25, 0.3) is 0 Å². The monoisotopic (exact) mass is 450 g/mol. The minimum atomic E-state index is -2.95. The smallest absolute Gasteiger partial charge is 0.388 e. The van der Waals surface area contributed by atoms with E-state index in [1.165, 1.54) is 17.4 Å². The molecule has 4 aromatic rings. The molecule has 30 heavy (non-hydrogen) atoms. The topological polar surface area (TPSA) is 62.7 Å². The quantitative estimate of drug-likeness (QED) is 0.405. The van der Waals surface area contributed by atoms with Crippen LogP contribution in [0.1, 0.15) is 16.7 Å². The van der Waals surface area contributed by atoms with E-state index in [0.717, 1.165) is 10.1 Å². The van der Waals surface area contributed by atoms with E-state index in [1.54, 1.807) is 31.4 Å². The molecular weight excluding hydrogens is 438 g/mol. The number of thiazole rings is 1. The van der Waals surface area contributed by atoms with Crippen LogP contribution in [0.2, 0.25) is 5.02 Å². The van der Waals surface area contributed by atoms with E-state index in [9.17, 15) is 8.78 Å². The Kier molecular flexibility index (Phi) is 4.80. The molecule has 0 spiro atoms. The number of pyridine rings is 1. The van der Waals surface area contributed by atoms with Crippen LogP contribution in [-0.2, 0) is 4.74 Å². The van der Waals surface area contributed by atoms with Crippen LogP contribution in [0, 0.1) is 0 Å². The first-order valence-corrected chi connectivity index (χ1v) is 9.99. The summed E-state index contributed by atoms with van der Waals surface area (Å²) in [5.41, 5.74) is 1.82. The summed E-state index contributed by atoms with van der Waals surface area (Å²) in [6, 6.07) is 10.1. The van der Waals surface area contributed by atoms with Crippen molar-refractivity contribution in [1.82, 2.24) is 9.97 Å². The highest BCUT2D eigenvalue weighted by Gasteiger charge is 2.28. The van der Waals surface area contributed by atoms with Crippen molar-refractivity contribution in [3.05, 3.63) is 52.0 Å². The van der Waals surface area contributed by atoms with Crippen molar-refractivity contribution in [3.8, 4) is 17.4 Å². The molecule has 154 valence electrons. The lowest BCUT2D eigenvalue weighted by molar-refractivity contribution is -0.0527. The van der Waals surface area contributed by atoms with Gasteiger partial charge in [-0.1, -0.05) is 11.6 Å². The minimum absolute atomic E-state index is 0.0517. The summed E-state index contributed by atoms with van der Waals surface area (Å²) in [5.74, 6) is 1.09. The number of halogens is 3. The Morgan fingerprint density at radius 1 is 1.20 bits per heavy atom. The van der Waals surface area contributed by atoms with E-state index in [-0.39, 0.29) is 12.7 Å². The number of aromatic nitrogens is 2. The molecule has 1 aliphatic rings. The number of methoxy groups -OCH3 is 1. The fraction of sp³-hybridized carbons (Fsp3) is 0.200. The van der Waals surface area contributed by atoms with Crippen LogP contribution in [-0.4, -0.2) is 30.5 Å². The van der Waals surface area contributed by atoms with Crippen LogP contribution in [0.4, 0.5) is 8.78 Å². The van der Waals surface area contributed by atoms with Gasteiger partial charge in [0.05, 0.1) is 22.3 Å². The zero-order valence-electron chi connectivity index (χ0n) is 15.4. The van der Waals surface area contributed by atoms with Gasteiger partial charge in [0.1, 0.15) is 28.1 Å². The van der Waals surface area contributed by atoms with Gasteiger partial charge in [-0.25, -0.2) is 9.97 Å². The molecule has 3 heterocycles. The molecule has 0 saturated heterocycles. The Labute approximate surface area is 177 Å². The Hall–Kier alpha value is -2.75. The highest BCUT2D eigenvalue weighted by molar-refractivity contribution is 7.18. The van der Waals surface area contributed by atoms with Crippen molar-refractivity contribution in [3.63, 3.8) is 0 Å². The Morgan fingerprint density at radius 2 is 2.07 bits per heavy atom. The Balaban J connectivity index is 1.61. The molecular formula is C20H13ClF2N2O4S. The maximum Gasteiger partial charge on any atom is 0.388 e. The molecule has 2 aromatic carbocycles. The molecule has 10 heteroatoms. The largest absolute Gasteiger partial charge is 0.497 e. The van der Waals surface area contributed by atoms with Crippen molar-refractivity contribution < 1.29 is 27.7 Å². The van der Waals surface area contributed by atoms with Crippen LogP contribution < -0.4 is 14.2 Å². The minimum Gasteiger partial charge on any atom is -0.497 e. The fourth-order valence-electron chi connectivity index (χ4n) is 3.31. The predicted molar refractivity (Wildman–Crippen MR) is 108 cm³/mol. The molecule has 2 aromatic heterocycles. The molecule has 0 amide bonds. The third kappa shape index (κ3) is 3.38. The third-order valence-corrected chi connectivity index (χ3v) is 5.97. The molecule has 0 radical (unpaired) electrons. The van der Waals surface area contributed by atoms with Gasteiger partial charge in [0.15, 0.2) is 6.79 Å². The summed E-state index contributed by atoms with van der Waals surface area (Å²) in [6.07, 6.45) is -0.515. The van der Waals surface area contributed by atoms with Gasteiger partial charge in [0.2, 0.25) is 5.88 Å². The standard InChI is InChI=1S/C20H13ClF2N2O4S/c1-26-10-5-12(21)17-15(6-10)30-19(25-17)18-11-7-13-9(4-14(11)27-8-28-18)2-3-16(24-13)29-20(22)23/h2-7,18,20H,8H2,1H3. The number of alkyl halides is 2. The number of benzene rings is 2. The highest BCUT2D eigenvalue weighted by atomic mass is 35.5. The molecule has 0 N–H and O–H groups in total. The zero-order valence-corrected chi connectivity index (χ0v) is 17.0. The maximum absolute atomic E-state index is 12.5. The van der Waals surface area contributed by atoms with Gasteiger partial charge < -0.3 is 18.9 Å². The average Bonchev–Trinajstić information content (AvgIpc) is 3.16. The normalized spacial score (nSPS) is 16.0. The van der Waals surface area contributed by atoms with Crippen molar-refractivity contribution in [2.75, 3.05) is 13.9 Å². The zero-order chi connectivity index (χ0) is 20.8. The number of fused-ring (bicyclic) bond motifs is 3. The van der Waals surface area contributed by atoms with E-state index >= 15 is 0 Å². The number of nitrogens with zero attached hydrogens (tertiary/aromatic N) is 2. The molecule has 5 rings (SSSR count). The summed E-state index contributed by atoms with van der Waals surface area (Å²) < 4.78 is 47.1. The first-order chi connectivity index (χ1) is 14.5. The van der Waals surface area contributed by atoms with Gasteiger partial charge in [-0.05, 0) is 24.3 Å². The SMILES string of the molecule is COc1cc(Cl)c2nc(C3OCOc4cc5ccc(OC(F)F)nc5cc43)sc2c1. The van der Waals surface area contributed by atoms with Crippen LogP contribution >= 0.6 is 22.9 Å². The summed E-state index contributed by atoms with van der Waals surface area (Å²) in [7, 11) is 1.57. The number of rotatable bonds is 4. The number of hydrogen-bond donors (Lipinski definition) is 0. The predicted octanol–water partition coefficient (Wildman–Crippen LogP) is 5.56. The molecule has 0 fully saturated rings. The van der Waals surface area contributed by atoms with Crippen molar-refractivity contribution in [1.29, 1.82) is 0 Å². The second-order valence-electron chi connectivity index (χ2n) is 6.43. The highest BCUT2D eigenvalue weighted by Crippen LogP contribution is 2.43. The van der Waals surface area contributed by atoms with E-state index < -0.39 is 12.7 Å². The lowest BCUT2D eigenvalue weighted by Crippen LogP contribution is -2.18. The maximum atomic E-state index is 12.5. The van der Waals surface area contributed by atoms with Crippen LogP contribution in [0.5, 0.6) is 17.4 Å². The average molecular weight is 451 g/mol. The summed E-state index contributed by atoms with van der Waals surface area (Å²) >= 11 is 7.77. The van der Waals surface area contributed by atoms with Crippen LogP contribution in [0.15, 0.2) is 36.4 Å². The van der Waals surface area contributed by atoms with Crippen molar-refractivity contribution in [2.24, 2.45) is 0 Å². The first kappa shape index (κ1) is 19.2. The molecule has 0 aliphatic carbocycles. The molecule has 1 unspecified atom stereocenters. The third-order valence-electron chi connectivity index (χ3n) is 4.64. The Bertz CT molecular complexity index is 1270. The summed E-state index contributed by atoms with van der Waals surface area (Å²) in [6.45, 7) is -2.90. The van der Waals surface area contributed by atoms with E-state index in [0.29, 0.717) is 38.1 Å². The summed E-state index contributed by atoms with van der Waals surface area (Å²) in [4.78, 5) is 8.82. The van der Waals surface area contributed by atoms with Gasteiger partial charge in [-0.15, -0.1) is 11.3 Å². The molecule has 1 aliphatic heterocycles. The molecule has 0 bridgehead atoms. The van der Waals surface area contributed by atoms with Gasteiger partial charge in [-0.3, -0.25) is 0 Å². The molecule has 0 saturated carbocycles. The Morgan fingerprint density at radius 3 is 2.87 bits per heavy atom. The number of ether oxygens (including phenoxy) is 4. The number of hydrogen-bond acceptors (Lipinski definition) is 7. The molecule has 1 atom stereocenters. The van der Waals surface area contributed by atoms with E-state index in [2.05, 4.69) is 14.7 Å². The van der Waals surface area contributed by atoms with Crippen molar-refractivity contribution in [2.45, 2.75) is 12.7 Å². The fourth-order valence-corrected chi connectivity index (χ4v) is 4.71. The second kappa shape index (κ2) is 7.50.